The van der Waals surface area contributed by atoms with E-state index in [0.29, 0.717) is 11.4 Å². The van der Waals surface area contributed by atoms with Crippen molar-refractivity contribution in [3.63, 3.8) is 0 Å². The van der Waals surface area contributed by atoms with E-state index >= 15 is 0 Å². The van der Waals surface area contributed by atoms with Crippen molar-refractivity contribution in [3.8, 4) is 11.5 Å². The molecule has 126 valence electrons. The lowest BCUT2D eigenvalue weighted by molar-refractivity contribution is -0.119. The molecule has 2 aromatic carbocycles. The van der Waals surface area contributed by atoms with Crippen molar-refractivity contribution >= 4 is 11.6 Å². The molecule has 1 fully saturated rings. The third-order valence-corrected chi connectivity index (χ3v) is 4.61. The standard InChI is InChI=1S/C20H24N2O2/c1-13-6-5-7-14(2)19(13)24-18-9-4-3-8-17(18)22-20(23)15-10-11-16(21)12-15/h3-9,15-16H,10-12,21H2,1-2H3,(H,22,23). The highest BCUT2D eigenvalue weighted by atomic mass is 16.5. The molecular weight excluding hydrogens is 300 g/mol. The lowest BCUT2D eigenvalue weighted by atomic mass is 10.1. The number of hydrogen-bond donors (Lipinski definition) is 2. The van der Waals surface area contributed by atoms with Crippen molar-refractivity contribution in [1.82, 2.24) is 0 Å². The number of para-hydroxylation sites is 3. The first kappa shape index (κ1) is 16.5. The minimum Gasteiger partial charge on any atom is -0.455 e. The van der Waals surface area contributed by atoms with Crippen molar-refractivity contribution in [2.24, 2.45) is 11.7 Å². The molecule has 1 saturated carbocycles. The van der Waals surface area contributed by atoms with Gasteiger partial charge in [-0.25, -0.2) is 0 Å². The Morgan fingerprint density at radius 3 is 2.46 bits per heavy atom. The Hall–Kier alpha value is -2.33. The number of ether oxygens (including phenoxy) is 1. The fraction of sp³-hybridized carbons (Fsp3) is 0.350. The van der Waals surface area contributed by atoms with Gasteiger partial charge in [-0.15, -0.1) is 0 Å². The molecule has 1 amide bonds. The molecule has 3 rings (SSSR count). The molecule has 4 heteroatoms. The molecular formula is C20H24N2O2. The molecule has 0 spiro atoms. The van der Waals surface area contributed by atoms with Crippen LogP contribution in [0.3, 0.4) is 0 Å². The lowest BCUT2D eigenvalue weighted by Crippen LogP contribution is -2.23. The van der Waals surface area contributed by atoms with Crippen molar-refractivity contribution in [2.75, 3.05) is 5.32 Å². The third kappa shape index (κ3) is 3.60. The Balaban J connectivity index is 1.79. The second-order valence-electron chi connectivity index (χ2n) is 6.58. The lowest BCUT2D eigenvalue weighted by Gasteiger charge is -2.16. The van der Waals surface area contributed by atoms with Gasteiger partial charge in [0.05, 0.1) is 5.69 Å². The maximum absolute atomic E-state index is 12.5. The zero-order valence-electron chi connectivity index (χ0n) is 14.2. The number of carbonyl (C=O) groups is 1. The Morgan fingerprint density at radius 2 is 1.79 bits per heavy atom. The zero-order valence-corrected chi connectivity index (χ0v) is 14.2. The number of aryl methyl sites for hydroxylation is 2. The summed E-state index contributed by atoms with van der Waals surface area (Å²) in [6, 6.07) is 13.7. The number of anilines is 1. The van der Waals surface area contributed by atoms with Crippen LogP contribution in [0.25, 0.3) is 0 Å². The summed E-state index contributed by atoms with van der Waals surface area (Å²) in [6.45, 7) is 4.03. The molecule has 4 nitrogen and oxygen atoms in total. The number of hydrogen-bond acceptors (Lipinski definition) is 3. The van der Waals surface area contributed by atoms with Crippen molar-refractivity contribution in [3.05, 3.63) is 53.6 Å². The molecule has 2 aromatic rings. The Kier molecular flexibility index (Phi) is 4.86. The summed E-state index contributed by atoms with van der Waals surface area (Å²) in [5, 5.41) is 3.01. The maximum atomic E-state index is 12.5. The predicted molar refractivity (Wildman–Crippen MR) is 96.4 cm³/mol. The van der Waals surface area contributed by atoms with Crippen LogP contribution in [0.1, 0.15) is 30.4 Å². The van der Waals surface area contributed by atoms with Gasteiger partial charge in [0.15, 0.2) is 5.75 Å². The van der Waals surface area contributed by atoms with Crippen LogP contribution in [0, 0.1) is 19.8 Å². The molecule has 0 saturated heterocycles. The Labute approximate surface area is 143 Å². The minimum atomic E-state index is -0.00625. The Bertz CT molecular complexity index is 722. The van der Waals surface area contributed by atoms with Gasteiger partial charge < -0.3 is 15.8 Å². The monoisotopic (exact) mass is 324 g/mol. The van der Waals surface area contributed by atoms with Crippen LogP contribution >= 0.6 is 0 Å². The van der Waals surface area contributed by atoms with E-state index < -0.39 is 0 Å². The average molecular weight is 324 g/mol. The normalized spacial score (nSPS) is 20.0. The summed E-state index contributed by atoms with van der Waals surface area (Å²) in [5.74, 6) is 1.52. The summed E-state index contributed by atoms with van der Waals surface area (Å²) >= 11 is 0. The second kappa shape index (κ2) is 7.05. The van der Waals surface area contributed by atoms with Crippen LogP contribution < -0.4 is 15.8 Å². The SMILES string of the molecule is Cc1cccc(C)c1Oc1ccccc1NC(=O)C1CCC(N)C1. The highest BCUT2D eigenvalue weighted by molar-refractivity contribution is 5.94. The van der Waals surface area contributed by atoms with Crippen molar-refractivity contribution in [2.45, 2.75) is 39.2 Å². The number of amides is 1. The molecule has 2 atom stereocenters. The average Bonchev–Trinajstić information content (AvgIpc) is 2.99. The zero-order chi connectivity index (χ0) is 17.1. The van der Waals surface area contributed by atoms with Gasteiger partial charge in [0.2, 0.25) is 5.91 Å². The molecule has 0 heterocycles. The smallest absolute Gasteiger partial charge is 0.227 e. The summed E-state index contributed by atoms with van der Waals surface area (Å²) < 4.78 is 6.12. The Morgan fingerprint density at radius 1 is 1.08 bits per heavy atom. The number of rotatable bonds is 4. The molecule has 24 heavy (non-hydrogen) atoms. The molecule has 3 N–H and O–H groups in total. The van der Waals surface area contributed by atoms with Gasteiger partial charge in [-0.3, -0.25) is 4.79 Å². The van der Waals surface area contributed by atoms with Crippen LogP contribution in [0.15, 0.2) is 42.5 Å². The molecule has 1 aliphatic carbocycles. The molecule has 1 aliphatic rings. The summed E-state index contributed by atoms with van der Waals surface area (Å²) in [4.78, 5) is 12.5. The first-order chi connectivity index (χ1) is 11.5. The van der Waals surface area contributed by atoms with E-state index in [0.717, 1.165) is 36.1 Å². The number of nitrogens with one attached hydrogen (secondary N) is 1. The van der Waals surface area contributed by atoms with Gasteiger partial charge in [-0.2, -0.15) is 0 Å². The van der Waals surface area contributed by atoms with Crippen LogP contribution in [0.5, 0.6) is 11.5 Å². The van der Waals surface area contributed by atoms with E-state index in [2.05, 4.69) is 5.32 Å². The second-order valence-corrected chi connectivity index (χ2v) is 6.58. The van der Waals surface area contributed by atoms with E-state index in [9.17, 15) is 4.79 Å². The highest BCUT2D eigenvalue weighted by Crippen LogP contribution is 2.34. The van der Waals surface area contributed by atoms with E-state index in [4.69, 9.17) is 10.5 Å². The quantitative estimate of drug-likeness (QED) is 0.887. The van der Waals surface area contributed by atoms with Crippen LogP contribution in [0.2, 0.25) is 0 Å². The van der Waals surface area contributed by atoms with Crippen LogP contribution in [-0.4, -0.2) is 11.9 Å². The largest absolute Gasteiger partial charge is 0.455 e. The van der Waals surface area contributed by atoms with Gasteiger partial charge in [0.25, 0.3) is 0 Å². The number of carbonyl (C=O) groups excluding carboxylic acids is 1. The van der Waals surface area contributed by atoms with E-state index in [1.54, 1.807) is 0 Å². The van der Waals surface area contributed by atoms with Gasteiger partial charge in [-0.1, -0.05) is 30.3 Å². The summed E-state index contributed by atoms with van der Waals surface area (Å²) in [6.07, 6.45) is 2.53. The topological polar surface area (TPSA) is 64.3 Å². The van der Waals surface area contributed by atoms with Crippen molar-refractivity contribution in [1.29, 1.82) is 0 Å². The predicted octanol–water partition coefficient (Wildman–Crippen LogP) is 4.16. The van der Waals surface area contributed by atoms with Gasteiger partial charge >= 0.3 is 0 Å². The van der Waals surface area contributed by atoms with E-state index in [-0.39, 0.29) is 17.9 Å². The van der Waals surface area contributed by atoms with Gasteiger partial charge in [0, 0.05) is 12.0 Å². The highest BCUT2D eigenvalue weighted by Gasteiger charge is 2.28. The number of nitrogens with two attached hydrogens (primary N) is 1. The molecule has 0 radical (unpaired) electrons. The number of benzene rings is 2. The first-order valence-corrected chi connectivity index (χ1v) is 8.44. The van der Waals surface area contributed by atoms with Gasteiger partial charge in [-0.05, 0) is 56.4 Å². The fourth-order valence-corrected chi connectivity index (χ4v) is 3.22. The molecule has 0 bridgehead atoms. The third-order valence-electron chi connectivity index (χ3n) is 4.61. The molecule has 0 aromatic heterocycles. The van der Waals surface area contributed by atoms with Crippen LogP contribution in [0.4, 0.5) is 5.69 Å². The summed E-state index contributed by atoms with van der Waals surface area (Å²) in [7, 11) is 0. The molecule has 0 aliphatic heterocycles. The van der Waals surface area contributed by atoms with Crippen LogP contribution in [-0.2, 0) is 4.79 Å². The minimum absolute atomic E-state index is 0.00625. The fourth-order valence-electron chi connectivity index (χ4n) is 3.22. The van der Waals surface area contributed by atoms with E-state index in [1.165, 1.54) is 0 Å². The maximum Gasteiger partial charge on any atom is 0.227 e. The summed E-state index contributed by atoms with van der Waals surface area (Å²) in [5.41, 5.74) is 8.75. The van der Waals surface area contributed by atoms with Gasteiger partial charge in [0.1, 0.15) is 5.75 Å². The van der Waals surface area contributed by atoms with Crippen molar-refractivity contribution < 1.29 is 9.53 Å². The molecule has 2 unspecified atom stereocenters. The first-order valence-electron chi connectivity index (χ1n) is 8.44. The van der Waals surface area contributed by atoms with E-state index in [1.807, 2.05) is 56.3 Å².